The Balaban J connectivity index is 1.60. The Kier molecular flexibility index (Phi) is 5.79. The molecule has 0 saturated carbocycles. The average molecular weight is 443 g/mol. The third-order valence-corrected chi connectivity index (χ3v) is 6.05. The van der Waals surface area contributed by atoms with Crippen LogP contribution in [0.4, 0.5) is 5.69 Å². The van der Waals surface area contributed by atoms with Gasteiger partial charge in [-0.1, -0.05) is 43.3 Å². The molecule has 168 valence electrons. The number of anilines is 1. The Morgan fingerprint density at radius 1 is 1.12 bits per heavy atom. The molecule has 2 aromatic carbocycles. The van der Waals surface area contributed by atoms with Crippen LogP contribution in [0.25, 0.3) is 16.9 Å². The van der Waals surface area contributed by atoms with E-state index in [1.165, 1.54) is 4.68 Å². The summed E-state index contributed by atoms with van der Waals surface area (Å²) in [6, 6.07) is 17.0. The van der Waals surface area contributed by atoms with Crippen LogP contribution in [-0.2, 0) is 17.7 Å². The van der Waals surface area contributed by atoms with Crippen LogP contribution in [-0.4, -0.2) is 33.0 Å². The number of hydrogen-bond acceptors (Lipinski definition) is 4. The lowest BCUT2D eigenvalue weighted by molar-refractivity contribution is 0.0961. The molecule has 7 heteroatoms. The van der Waals surface area contributed by atoms with Crippen molar-refractivity contribution < 1.29 is 9.53 Å². The fourth-order valence-electron chi connectivity index (χ4n) is 4.34. The molecule has 1 atom stereocenters. The zero-order valence-electron chi connectivity index (χ0n) is 18.5. The predicted octanol–water partition coefficient (Wildman–Crippen LogP) is 4.13. The minimum Gasteiger partial charge on any atom is -0.376 e. The molecular formula is C26H26N4O3. The number of rotatable bonds is 6. The largest absolute Gasteiger partial charge is 0.376 e. The fourth-order valence-corrected chi connectivity index (χ4v) is 4.34. The minimum atomic E-state index is -0.291. The van der Waals surface area contributed by atoms with Gasteiger partial charge in [-0.2, -0.15) is 9.78 Å². The maximum atomic E-state index is 13.4. The van der Waals surface area contributed by atoms with Crippen molar-refractivity contribution in [3.63, 3.8) is 0 Å². The van der Waals surface area contributed by atoms with E-state index in [1.807, 2.05) is 66.1 Å². The van der Waals surface area contributed by atoms with E-state index in [-0.39, 0.29) is 17.6 Å². The number of pyridine rings is 1. The maximum Gasteiger partial charge on any atom is 0.282 e. The number of carbonyl (C=O) groups is 1. The molecule has 0 unspecified atom stereocenters. The van der Waals surface area contributed by atoms with Crippen molar-refractivity contribution in [2.24, 2.45) is 0 Å². The van der Waals surface area contributed by atoms with Gasteiger partial charge in [0.25, 0.3) is 11.5 Å². The van der Waals surface area contributed by atoms with Crippen LogP contribution < -0.4 is 10.9 Å². The molecule has 1 amide bonds. The highest BCUT2D eigenvalue weighted by Gasteiger charge is 2.26. The van der Waals surface area contributed by atoms with E-state index < -0.39 is 0 Å². The van der Waals surface area contributed by atoms with Crippen molar-refractivity contribution >= 4 is 11.6 Å². The zero-order chi connectivity index (χ0) is 22.8. The van der Waals surface area contributed by atoms with Gasteiger partial charge in [-0.3, -0.25) is 9.59 Å². The molecule has 33 heavy (non-hydrogen) atoms. The number of amides is 1. The van der Waals surface area contributed by atoms with Crippen molar-refractivity contribution in [3.8, 4) is 16.9 Å². The van der Waals surface area contributed by atoms with Crippen molar-refractivity contribution in [1.82, 2.24) is 14.3 Å². The van der Waals surface area contributed by atoms with Crippen LogP contribution >= 0.6 is 0 Å². The molecule has 0 spiro atoms. The molecule has 5 rings (SSSR count). The number of hydrogen-bond donors (Lipinski definition) is 1. The second-order valence-corrected chi connectivity index (χ2v) is 8.28. The fraction of sp³-hybridized carbons (Fsp3) is 0.269. The number of fused-ring (bicyclic) bond motifs is 1. The maximum absolute atomic E-state index is 13.4. The lowest BCUT2D eigenvalue weighted by Crippen LogP contribution is -2.21. The van der Waals surface area contributed by atoms with Gasteiger partial charge in [0.2, 0.25) is 0 Å². The molecule has 1 fully saturated rings. The van der Waals surface area contributed by atoms with Crippen LogP contribution in [0.15, 0.2) is 71.8 Å². The Morgan fingerprint density at radius 3 is 2.67 bits per heavy atom. The Labute approximate surface area is 192 Å². The lowest BCUT2D eigenvalue weighted by atomic mass is 10.1. The van der Waals surface area contributed by atoms with Gasteiger partial charge >= 0.3 is 0 Å². The summed E-state index contributed by atoms with van der Waals surface area (Å²) in [5, 5.41) is 7.58. The highest BCUT2D eigenvalue weighted by Crippen LogP contribution is 2.25. The summed E-state index contributed by atoms with van der Waals surface area (Å²) in [4.78, 5) is 26.7. The van der Waals surface area contributed by atoms with E-state index in [4.69, 9.17) is 4.74 Å². The van der Waals surface area contributed by atoms with Gasteiger partial charge in [0.15, 0.2) is 0 Å². The lowest BCUT2D eigenvalue weighted by Gasteiger charge is -2.16. The molecule has 3 aliphatic rings. The minimum absolute atomic E-state index is 0.0726. The first kappa shape index (κ1) is 21.2. The van der Waals surface area contributed by atoms with E-state index in [9.17, 15) is 9.59 Å². The summed E-state index contributed by atoms with van der Waals surface area (Å²) in [6.07, 6.45) is 6.41. The normalized spacial score (nSPS) is 15.7. The third-order valence-electron chi connectivity index (χ3n) is 6.05. The number of carbonyl (C=O) groups excluding carboxylic acids is 1. The number of nitrogens with zero attached hydrogens (tertiary/aromatic N) is 3. The monoisotopic (exact) mass is 442 g/mol. The van der Waals surface area contributed by atoms with Crippen molar-refractivity contribution in [2.75, 3.05) is 11.9 Å². The molecule has 0 bridgehead atoms. The van der Waals surface area contributed by atoms with Gasteiger partial charge in [-0.15, -0.1) is 0 Å². The highest BCUT2D eigenvalue weighted by molar-refractivity contribution is 6.08. The highest BCUT2D eigenvalue weighted by atomic mass is 16.5. The van der Waals surface area contributed by atoms with E-state index >= 15 is 0 Å². The van der Waals surface area contributed by atoms with Crippen LogP contribution in [0.5, 0.6) is 0 Å². The van der Waals surface area contributed by atoms with Crippen molar-refractivity contribution in [3.05, 3.63) is 88.5 Å². The third kappa shape index (κ3) is 4.19. The average Bonchev–Trinajstić information content (AvgIpc) is 3.47. The van der Waals surface area contributed by atoms with E-state index in [2.05, 4.69) is 10.4 Å². The number of aryl methyl sites for hydroxylation is 1. The summed E-state index contributed by atoms with van der Waals surface area (Å²) in [5.74, 6) is -0.291. The van der Waals surface area contributed by atoms with Gasteiger partial charge in [-0.05, 0) is 43.0 Å². The standard InChI is InChI=1S/C26H26N4O3/c1-2-18-9-6-7-13-23(18)27-25(31)21-16-29(15-20-12-8-14-33-20)17-22-24(21)28-30(26(22)32)19-10-4-3-5-11-19/h3-7,9-11,13,16-17,20H,2,8,12,14-15H2,1H3,(H,27,31)/t20-/m1/s1. The second kappa shape index (κ2) is 9.03. The van der Waals surface area contributed by atoms with Gasteiger partial charge in [0.1, 0.15) is 5.69 Å². The Morgan fingerprint density at radius 2 is 1.91 bits per heavy atom. The smallest absolute Gasteiger partial charge is 0.282 e. The van der Waals surface area contributed by atoms with E-state index in [1.54, 1.807) is 12.4 Å². The quantitative estimate of drug-likeness (QED) is 0.487. The molecular weight excluding hydrogens is 416 g/mol. The summed E-state index contributed by atoms with van der Waals surface area (Å²) < 4.78 is 9.02. The van der Waals surface area contributed by atoms with Crippen LogP contribution in [0, 0.1) is 0 Å². The molecule has 7 nitrogen and oxygen atoms in total. The number of para-hydroxylation sites is 2. The van der Waals surface area contributed by atoms with E-state index in [0.29, 0.717) is 29.1 Å². The first-order valence-electron chi connectivity index (χ1n) is 11.3. The first-order chi connectivity index (χ1) is 16.1. The summed E-state index contributed by atoms with van der Waals surface area (Å²) in [5.41, 5.74) is 3.38. The topological polar surface area (TPSA) is 78.2 Å². The molecule has 0 aliphatic carbocycles. The summed E-state index contributed by atoms with van der Waals surface area (Å²) in [6.45, 7) is 3.37. The van der Waals surface area contributed by atoms with Gasteiger partial charge in [-0.25, -0.2) is 0 Å². The van der Waals surface area contributed by atoms with Crippen molar-refractivity contribution in [2.45, 2.75) is 38.8 Å². The van der Waals surface area contributed by atoms with Crippen molar-refractivity contribution in [1.29, 1.82) is 0 Å². The number of ether oxygens (including phenoxy) is 1. The second-order valence-electron chi connectivity index (χ2n) is 8.28. The number of aromatic nitrogens is 3. The molecule has 0 aromatic heterocycles. The molecule has 1 N–H and O–H groups in total. The Bertz CT molecular complexity index is 1300. The summed E-state index contributed by atoms with van der Waals surface area (Å²) >= 11 is 0. The van der Waals surface area contributed by atoms with Gasteiger partial charge in [0, 0.05) is 31.2 Å². The SMILES string of the molecule is CCc1ccccc1NC(=O)c1cn(C[C@H]2CCCO2)cc2c(=O)n(-c3ccccc3)nc1-2. The number of benzene rings is 2. The van der Waals surface area contributed by atoms with Crippen LogP contribution in [0.2, 0.25) is 0 Å². The molecule has 3 heterocycles. The predicted molar refractivity (Wildman–Crippen MR) is 127 cm³/mol. The summed E-state index contributed by atoms with van der Waals surface area (Å²) in [7, 11) is 0. The van der Waals surface area contributed by atoms with Gasteiger partial charge < -0.3 is 14.6 Å². The first-order valence-corrected chi connectivity index (χ1v) is 11.3. The number of nitrogens with one attached hydrogen (secondary N) is 1. The molecule has 3 aliphatic heterocycles. The van der Waals surface area contributed by atoms with Crippen LogP contribution in [0.1, 0.15) is 35.7 Å². The molecule has 2 aromatic rings. The van der Waals surface area contributed by atoms with Gasteiger partial charge in [0.05, 0.1) is 22.9 Å². The molecule has 0 radical (unpaired) electrons. The van der Waals surface area contributed by atoms with E-state index in [0.717, 1.165) is 37.1 Å². The zero-order valence-corrected chi connectivity index (χ0v) is 18.5. The Hall–Kier alpha value is -3.71. The van der Waals surface area contributed by atoms with Crippen LogP contribution in [0.3, 0.4) is 0 Å². The molecule has 1 saturated heterocycles.